The minimum Gasteiger partial charge on any atom is -0.273 e. The van der Waals surface area contributed by atoms with Crippen molar-refractivity contribution < 1.29 is 13.2 Å². The third-order valence-corrected chi connectivity index (χ3v) is 6.23. The summed E-state index contributed by atoms with van der Waals surface area (Å²) < 4.78 is 25.2. The molecule has 0 spiro atoms. The average molecular weight is 310 g/mol. The van der Waals surface area contributed by atoms with Crippen molar-refractivity contribution in [3.63, 3.8) is 0 Å². The highest BCUT2D eigenvalue weighted by atomic mass is 35.5. The van der Waals surface area contributed by atoms with Crippen LogP contribution in [0.25, 0.3) is 0 Å². The highest BCUT2D eigenvalue weighted by Gasteiger charge is 2.30. The first kappa shape index (κ1) is 15.5. The molecule has 0 aromatic carbocycles. The largest absolute Gasteiger partial charge is 0.273 e. The van der Waals surface area contributed by atoms with Crippen LogP contribution in [-0.4, -0.2) is 30.9 Å². The fourth-order valence-corrected chi connectivity index (χ4v) is 3.54. The Morgan fingerprint density at radius 1 is 1.33 bits per heavy atom. The number of halogens is 1. The van der Waals surface area contributed by atoms with Gasteiger partial charge in [-0.1, -0.05) is 11.6 Å². The van der Waals surface area contributed by atoms with Gasteiger partial charge in [0, 0.05) is 11.9 Å². The number of nitrogens with zero attached hydrogens (tertiary/aromatic N) is 1. The van der Waals surface area contributed by atoms with Crippen LogP contribution >= 0.6 is 22.9 Å². The van der Waals surface area contributed by atoms with Gasteiger partial charge in [-0.3, -0.25) is 4.79 Å². The van der Waals surface area contributed by atoms with Crippen molar-refractivity contribution in [1.82, 2.24) is 4.31 Å². The third kappa shape index (κ3) is 3.05. The lowest BCUT2D eigenvalue weighted by atomic mass is 10.1. The fraction of sp³-hybridized carbons (Fsp3) is 0.545. The summed E-state index contributed by atoms with van der Waals surface area (Å²) >= 11 is 7.09. The van der Waals surface area contributed by atoms with Gasteiger partial charge in [0.15, 0.2) is 0 Å². The van der Waals surface area contributed by atoms with Crippen LogP contribution in [0.4, 0.5) is 0 Å². The van der Waals surface area contributed by atoms with Gasteiger partial charge in [0.25, 0.3) is 0 Å². The Kier molecular flexibility index (Phi) is 4.80. The van der Waals surface area contributed by atoms with Crippen molar-refractivity contribution in [2.75, 3.05) is 7.05 Å². The highest BCUT2D eigenvalue weighted by Crippen LogP contribution is 2.29. The van der Waals surface area contributed by atoms with Gasteiger partial charge in [0.1, 0.15) is 0 Å². The third-order valence-electron chi connectivity index (χ3n) is 2.68. The first-order chi connectivity index (χ1) is 8.17. The minimum atomic E-state index is -3.57. The van der Waals surface area contributed by atoms with Crippen molar-refractivity contribution in [3.8, 4) is 0 Å². The summed E-state index contributed by atoms with van der Waals surface area (Å²) in [6, 6.07) is 3.44. The van der Waals surface area contributed by atoms with E-state index in [0.29, 0.717) is 4.34 Å². The molecule has 1 atom stereocenters. The zero-order valence-electron chi connectivity index (χ0n) is 10.7. The Balaban J connectivity index is 2.95. The number of hydrogen-bond donors (Lipinski definition) is 0. The first-order valence-electron chi connectivity index (χ1n) is 5.44. The van der Waals surface area contributed by atoms with E-state index in [1.54, 1.807) is 32.9 Å². The lowest BCUT2D eigenvalue weighted by Gasteiger charge is -2.22. The summed E-state index contributed by atoms with van der Waals surface area (Å²) in [5.41, 5.74) is 0. The molecule has 0 fully saturated rings. The molecule has 7 heteroatoms. The van der Waals surface area contributed by atoms with Gasteiger partial charge in [-0.05, 0) is 32.9 Å². The van der Waals surface area contributed by atoms with Gasteiger partial charge in [0.2, 0.25) is 15.9 Å². The van der Waals surface area contributed by atoms with Crippen molar-refractivity contribution in [3.05, 3.63) is 21.3 Å². The number of rotatable bonds is 4. The lowest BCUT2D eigenvalue weighted by Crippen LogP contribution is -2.39. The monoisotopic (exact) mass is 309 g/mol. The number of likely N-dealkylation sites (N-methyl/N-ethyl adjacent to an activating group) is 1. The second-order valence-corrected chi connectivity index (χ2v) is 8.53. The van der Waals surface area contributed by atoms with E-state index >= 15 is 0 Å². The van der Waals surface area contributed by atoms with E-state index in [2.05, 4.69) is 0 Å². The van der Waals surface area contributed by atoms with E-state index < -0.39 is 27.1 Å². The van der Waals surface area contributed by atoms with Crippen molar-refractivity contribution in [2.45, 2.75) is 31.9 Å². The molecule has 1 unspecified atom stereocenters. The van der Waals surface area contributed by atoms with Crippen LogP contribution in [0, 0.1) is 0 Å². The minimum absolute atomic E-state index is 0.442. The molecule has 4 nitrogen and oxygen atoms in total. The number of thiophene rings is 1. The summed E-state index contributed by atoms with van der Waals surface area (Å²) in [6.07, 6.45) is 0. The van der Waals surface area contributed by atoms with E-state index in [4.69, 9.17) is 11.6 Å². The standard InChI is InChI=1S/C11H16ClNO3S2/c1-7(2)18(15,16)13(4)11(14)8(3)9-5-6-10(12)17-9/h5-8H,1-4H3. The van der Waals surface area contributed by atoms with Crippen molar-refractivity contribution in [2.24, 2.45) is 0 Å². The molecule has 0 saturated heterocycles. The molecule has 0 aliphatic rings. The number of amides is 1. The molecule has 0 aliphatic carbocycles. The molecule has 1 rings (SSSR count). The molecule has 1 aromatic heterocycles. The Labute approximate surface area is 117 Å². The van der Waals surface area contributed by atoms with Crippen LogP contribution < -0.4 is 0 Å². The second-order valence-electron chi connectivity index (χ2n) is 4.26. The average Bonchev–Trinajstić information content (AvgIpc) is 2.72. The highest BCUT2D eigenvalue weighted by molar-refractivity contribution is 7.90. The quantitative estimate of drug-likeness (QED) is 0.859. The molecule has 18 heavy (non-hydrogen) atoms. The topological polar surface area (TPSA) is 54.5 Å². The predicted octanol–water partition coefficient (Wildman–Crippen LogP) is 2.70. The van der Waals surface area contributed by atoms with Crippen LogP contribution in [0.5, 0.6) is 0 Å². The molecule has 1 amide bonds. The zero-order valence-corrected chi connectivity index (χ0v) is 13.1. The normalized spacial score (nSPS) is 13.7. The Hall–Kier alpha value is -0.590. The maximum absolute atomic E-state index is 12.1. The molecule has 0 aliphatic heterocycles. The Morgan fingerprint density at radius 2 is 1.89 bits per heavy atom. The summed E-state index contributed by atoms with van der Waals surface area (Å²) in [7, 11) is -2.27. The summed E-state index contributed by atoms with van der Waals surface area (Å²) in [4.78, 5) is 12.9. The maximum Gasteiger partial charge on any atom is 0.243 e. The molecular weight excluding hydrogens is 294 g/mol. The van der Waals surface area contributed by atoms with Gasteiger partial charge < -0.3 is 0 Å². The molecular formula is C11H16ClNO3S2. The number of sulfonamides is 1. The van der Waals surface area contributed by atoms with Crippen LogP contribution in [0.1, 0.15) is 31.6 Å². The van der Waals surface area contributed by atoms with Crippen LogP contribution in [-0.2, 0) is 14.8 Å². The lowest BCUT2D eigenvalue weighted by molar-refractivity contribution is -0.126. The maximum atomic E-state index is 12.1. The smallest absolute Gasteiger partial charge is 0.243 e. The SMILES string of the molecule is CC(C(=O)N(C)S(=O)(=O)C(C)C)c1ccc(Cl)s1. The number of carbonyl (C=O) groups is 1. The molecule has 0 radical (unpaired) electrons. The van der Waals surface area contributed by atoms with E-state index in [0.717, 1.165) is 9.18 Å². The zero-order chi connectivity index (χ0) is 14.1. The van der Waals surface area contributed by atoms with Gasteiger partial charge in [-0.2, -0.15) is 0 Å². The second kappa shape index (κ2) is 5.59. The molecule has 102 valence electrons. The van der Waals surface area contributed by atoms with E-state index in [1.165, 1.54) is 18.4 Å². The summed E-state index contributed by atoms with van der Waals surface area (Å²) in [6.45, 7) is 4.77. The summed E-state index contributed by atoms with van der Waals surface area (Å²) in [5.74, 6) is -0.955. The Bertz CT molecular complexity index is 536. The molecule has 0 N–H and O–H groups in total. The van der Waals surface area contributed by atoms with Crippen molar-refractivity contribution >= 4 is 38.9 Å². The predicted molar refractivity (Wildman–Crippen MR) is 74.6 cm³/mol. The van der Waals surface area contributed by atoms with E-state index in [1.807, 2.05) is 0 Å². The van der Waals surface area contributed by atoms with Crippen LogP contribution in [0.3, 0.4) is 0 Å². The van der Waals surface area contributed by atoms with Gasteiger partial charge in [-0.25, -0.2) is 12.7 Å². The van der Waals surface area contributed by atoms with E-state index in [9.17, 15) is 13.2 Å². The van der Waals surface area contributed by atoms with Gasteiger partial charge in [-0.15, -0.1) is 11.3 Å². The van der Waals surface area contributed by atoms with Crippen LogP contribution in [0.2, 0.25) is 4.34 Å². The summed E-state index contributed by atoms with van der Waals surface area (Å²) in [5, 5.41) is -0.620. The van der Waals surface area contributed by atoms with E-state index in [-0.39, 0.29) is 0 Å². The first-order valence-corrected chi connectivity index (χ1v) is 8.14. The van der Waals surface area contributed by atoms with Gasteiger partial charge in [0.05, 0.1) is 15.5 Å². The fourth-order valence-electron chi connectivity index (χ4n) is 1.40. The number of hydrogen-bond acceptors (Lipinski definition) is 4. The van der Waals surface area contributed by atoms with Gasteiger partial charge >= 0.3 is 0 Å². The molecule has 1 aromatic rings. The number of carbonyl (C=O) groups excluding carboxylic acids is 1. The van der Waals surface area contributed by atoms with Crippen LogP contribution in [0.15, 0.2) is 12.1 Å². The molecule has 0 bridgehead atoms. The Morgan fingerprint density at radius 3 is 2.28 bits per heavy atom. The molecule has 1 heterocycles. The molecule has 0 saturated carbocycles. The van der Waals surface area contributed by atoms with Crippen molar-refractivity contribution in [1.29, 1.82) is 0 Å².